The van der Waals surface area contributed by atoms with Crippen LogP contribution in [0.25, 0.3) is 0 Å². The normalized spacial score (nSPS) is 15.7. The topological polar surface area (TPSA) is 6.48 Å². The van der Waals surface area contributed by atoms with Crippen LogP contribution in [0.5, 0.6) is 0 Å². The summed E-state index contributed by atoms with van der Waals surface area (Å²) in [5.41, 5.74) is -10.3. The van der Waals surface area contributed by atoms with Crippen molar-refractivity contribution in [2.24, 2.45) is 0 Å². The number of rotatable bonds is 5. The highest BCUT2D eigenvalue weighted by Gasteiger charge is 2.72. The Labute approximate surface area is 114 Å². The molecule has 14 heteroatoms. The molecule has 110 valence electrons. The van der Waals surface area contributed by atoms with Crippen LogP contribution in [0.3, 0.4) is 0 Å². The zero-order valence-electron chi connectivity index (χ0n) is 7.43. The van der Waals surface area contributed by atoms with Gasteiger partial charge in [-0.15, -0.1) is 0 Å². The molecule has 0 aromatic rings. The molecule has 2 nitrogen and oxygen atoms in total. The van der Waals surface area contributed by atoms with Gasteiger partial charge in [0.2, 0.25) is 0 Å². The van der Waals surface area contributed by atoms with Crippen molar-refractivity contribution >= 4 is 46.8 Å². The average molecular weight is 370 g/mol. The van der Waals surface area contributed by atoms with Gasteiger partial charge in [0.15, 0.2) is 0 Å². The quantitative estimate of drug-likeness (QED) is 0.301. The highest BCUT2D eigenvalue weighted by atomic mass is 35.5. The molecule has 0 aliphatic heterocycles. The smallest absolute Gasteiger partial charge is 0.178 e. The summed E-state index contributed by atoms with van der Waals surface area (Å²) < 4.78 is 95.7. The minimum absolute atomic E-state index is 2.17. The van der Waals surface area contributed by atoms with Gasteiger partial charge in [0.25, 0.3) is 0 Å². The summed E-state index contributed by atoms with van der Waals surface area (Å²) in [5.74, 6) is 0. The standard InChI is InChI=1S/C4Cl4F8N2/c5-3(13,14)17(7)1(9,10)2(11,12)18(8)4(6,15)16. The first-order chi connectivity index (χ1) is 7.56. The van der Waals surface area contributed by atoms with Gasteiger partial charge in [-0.25, -0.2) is 0 Å². The Balaban J connectivity index is 5.46. The Hall–Kier alpha value is 0.520. The molecule has 0 saturated heterocycles. The zero-order valence-corrected chi connectivity index (χ0v) is 10.5. The summed E-state index contributed by atoms with van der Waals surface area (Å²) in [5, 5.41) is 0. The lowest BCUT2D eigenvalue weighted by Crippen LogP contribution is -2.62. The molecule has 0 aliphatic carbocycles. The molecular formula is C4Cl4F8N2. The van der Waals surface area contributed by atoms with Crippen molar-refractivity contribution in [3.63, 3.8) is 0 Å². The van der Waals surface area contributed by atoms with E-state index in [1.807, 2.05) is 0 Å². The van der Waals surface area contributed by atoms with Crippen molar-refractivity contribution in [2.45, 2.75) is 23.1 Å². The van der Waals surface area contributed by atoms with Crippen molar-refractivity contribution in [1.82, 2.24) is 8.84 Å². The van der Waals surface area contributed by atoms with Crippen molar-refractivity contribution in [2.75, 3.05) is 0 Å². The minimum Gasteiger partial charge on any atom is -0.178 e. The van der Waals surface area contributed by atoms with E-state index < -0.39 is 31.9 Å². The van der Waals surface area contributed by atoms with Crippen LogP contribution < -0.4 is 0 Å². The molecule has 0 amide bonds. The Morgan fingerprint density at radius 1 is 0.556 bits per heavy atom. The maximum absolute atomic E-state index is 12.8. The number of nitrogens with zero attached hydrogens (tertiary/aromatic N) is 2. The van der Waals surface area contributed by atoms with Crippen molar-refractivity contribution in [3.05, 3.63) is 0 Å². The molecule has 0 aromatic heterocycles. The van der Waals surface area contributed by atoms with Crippen LogP contribution in [0.1, 0.15) is 0 Å². The third-order valence-electron chi connectivity index (χ3n) is 1.30. The fraction of sp³-hybridized carbons (Fsp3) is 1.00. The maximum atomic E-state index is 12.8. The van der Waals surface area contributed by atoms with Gasteiger partial charge in [0.05, 0.1) is 0 Å². The van der Waals surface area contributed by atoms with Gasteiger partial charge in [-0.05, 0) is 46.8 Å². The molecule has 0 rings (SSSR count). The van der Waals surface area contributed by atoms with Crippen LogP contribution >= 0.6 is 46.8 Å². The minimum atomic E-state index is -6.07. The third-order valence-corrected chi connectivity index (χ3v) is 2.66. The summed E-state index contributed by atoms with van der Waals surface area (Å²) >= 11 is 16.3. The van der Waals surface area contributed by atoms with Gasteiger partial charge in [-0.1, -0.05) is 8.84 Å². The molecule has 0 fully saturated rings. The molecule has 0 N–H and O–H groups in total. The van der Waals surface area contributed by atoms with Crippen LogP contribution in [0.2, 0.25) is 0 Å². The molecule has 0 spiro atoms. The second kappa shape index (κ2) is 5.13. The molecule has 0 heterocycles. The lowest BCUT2D eigenvalue weighted by atomic mass is 10.4. The van der Waals surface area contributed by atoms with Crippen LogP contribution in [0.4, 0.5) is 35.1 Å². The van der Waals surface area contributed by atoms with Crippen LogP contribution in [-0.2, 0) is 0 Å². The van der Waals surface area contributed by atoms with Gasteiger partial charge in [-0.3, -0.25) is 0 Å². The van der Waals surface area contributed by atoms with Crippen molar-refractivity contribution in [1.29, 1.82) is 0 Å². The first-order valence-electron chi connectivity index (χ1n) is 3.37. The fourth-order valence-corrected chi connectivity index (χ4v) is 0.970. The van der Waals surface area contributed by atoms with Crippen molar-refractivity contribution in [3.8, 4) is 0 Å². The largest absolute Gasteiger partial charge is 0.403 e. The average Bonchev–Trinajstić information content (AvgIpc) is 2.12. The Morgan fingerprint density at radius 3 is 0.833 bits per heavy atom. The van der Waals surface area contributed by atoms with Crippen LogP contribution in [0.15, 0.2) is 0 Å². The summed E-state index contributed by atoms with van der Waals surface area (Å²) in [6.45, 7) is 0. The van der Waals surface area contributed by atoms with E-state index in [0.717, 1.165) is 0 Å². The first-order valence-corrected chi connectivity index (χ1v) is 4.80. The van der Waals surface area contributed by atoms with E-state index in [1.54, 1.807) is 0 Å². The van der Waals surface area contributed by atoms with Gasteiger partial charge >= 0.3 is 23.1 Å². The van der Waals surface area contributed by atoms with E-state index in [4.69, 9.17) is 0 Å². The molecule has 0 atom stereocenters. The van der Waals surface area contributed by atoms with E-state index in [-0.39, 0.29) is 0 Å². The zero-order chi connectivity index (χ0) is 15.2. The Bertz CT molecular complexity index is 270. The highest BCUT2D eigenvalue weighted by Crippen LogP contribution is 2.50. The summed E-state index contributed by atoms with van der Waals surface area (Å²) in [7, 11) is 0. The number of hydrogen-bond donors (Lipinski definition) is 0. The molecule has 0 bridgehead atoms. The summed E-state index contributed by atoms with van der Waals surface area (Å²) in [4.78, 5) is 0. The van der Waals surface area contributed by atoms with E-state index in [0.29, 0.717) is 0 Å². The van der Waals surface area contributed by atoms with E-state index in [9.17, 15) is 35.1 Å². The predicted molar refractivity (Wildman–Crippen MR) is 46.9 cm³/mol. The monoisotopic (exact) mass is 368 g/mol. The molecule has 0 aliphatic rings. The molecule has 0 aromatic carbocycles. The Morgan fingerprint density at radius 2 is 0.722 bits per heavy atom. The Kier molecular flexibility index (Phi) is 5.28. The maximum Gasteiger partial charge on any atom is 0.403 e. The second-order valence-corrected chi connectivity index (χ2v) is 4.17. The number of hydrogen-bond acceptors (Lipinski definition) is 2. The highest BCUT2D eigenvalue weighted by molar-refractivity contribution is 6.26. The molecular weight excluding hydrogens is 370 g/mol. The van der Waals surface area contributed by atoms with E-state index >= 15 is 0 Å². The third kappa shape index (κ3) is 3.54. The summed E-state index contributed by atoms with van der Waals surface area (Å²) in [6.07, 6.45) is 0. The lowest BCUT2D eigenvalue weighted by Gasteiger charge is -2.36. The molecule has 18 heavy (non-hydrogen) atoms. The SMILES string of the molecule is FC(F)(Cl)N(Cl)C(F)(F)C(F)(F)N(Cl)C(F)(F)Cl. The second-order valence-electron chi connectivity index (χ2n) is 2.58. The van der Waals surface area contributed by atoms with Gasteiger partial charge < -0.3 is 0 Å². The van der Waals surface area contributed by atoms with Gasteiger partial charge in [0, 0.05) is 0 Å². The van der Waals surface area contributed by atoms with Gasteiger partial charge in [0.1, 0.15) is 0 Å². The van der Waals surface area contributed by atoms with E-state index in [2.05, 4.69) is 46.8 Å². The number of halogens is 12. The van der Waals surface area contributed by atoms with Gasteiger partial charge in [-0.2, -0.15) is 35.1 Å². The molecule has 0 radical (unpaired) electrons. The lowest BCUT2D eigenvalue weighted by molar-refractivity contribution is -0.354. The van der Waals surface area contributed by atoms with Crippen LogP contribution in [-0.4, -0.2) is 31.9 Å². The molecule has 0 saturated carbocycles. The summed E-state index contributed by atoms with van der Waals surface area (Å²) in [6, 6.07) is -12.1. The first kappa shape index (κ1) is 18.5. The predicted octanol–water partition coefficient (Wildman–Crippen LogP) is 4.66. The fourth-order valence-electron chi connectivity index (χ4n) is 0.555. The van der Waals surface area contributed by atoms with Crippen molar-refractivity contribution < 1.29 is 35.1 Å². The van der Waals surface area contributed by atoms with E-state index in [1.165, 1.54) is 0 Å². The van der Waals surface area contributed by atoms with Crippen LogP contribution in [0, 0.1) is 0 Å². The number of alkyl halides is 10. The molecule has 0 unspecified atom stereocenters.